The van der Waals surface area contributed by atoms with Crippen molar-refractivity contribution in [3.05, 3.63) is 0 Å². The molecule has 27 valence electrons. The van der Waals surface area contributed by atoms with Crippen LogP contribution in [0.5, 0.6) is 0 Å². The van der Waals surface area contributed by atoms with E-state index in [1.807, 2.05) is 7.57 Å². The van der Waals surface area contributed by atoms with E-state index in [2.05, 4.69) is 9.12 Å². The quantitative estimate of drug-likeness (QED) is 0.413. The second kappa shape index (κ2) is 22.4. The standard InChI is InChI=1S/BH4P.Co.W/c1-2;;/h1-2H2;;. The van der Waals surface area contributed by atoms with E-state index < -0.39 is 0 Å². The van der Waals surface area contributed by atoms with Gasteiger partial charge in [0.25, 0.3) is 0 Å². The summed E-state index contributed by atoms with van der Waals surface area (Å²) in [5.41, 5.74) is 0. The maximum absolute atomic E-state index is 2.42. The minimum Gasteiger partial charge on any atom is -0.179 e. The van der Waals surface area contributed by atoms with Crippen molar-refractivity contribution in [2.75, 3.05) is 0 Å². The Hall–Kier alpha value is 1.69. The van der Waals surface area contributed by atoms with Crippen LogP contribution >= 0.6 is 9.12 Å². The first-order valence-electron chi connectivity index (χ1n) is 0.577. The molecule has 0 N–H and O–H groups in total. The largest absolute Gasteiger partial charge is 0.179 e. The van der Waals surface area contributed by atoms with Gasteiger partial charge in [-0.05, 0) is 0 Å². The summed E-state index contributed by atoms with van der Waals surface area (Å²) in [4.78, 5) is 0. The Labute approximate surface area is 54.5 Å². The van der Waals surface area contributed by atoms with Crippen LogP contribution in [0, 0.1) is 0 Å². The van der Waals surface area contributed by atoms with Gasteiger partial charge in [-0.1, -0.05) is 0 Å². The van der Waals surface area contributed by atoms with E-state index in [1.54, 1.807) is 0 Å². The topological polar surface area (TPSA) is 0 Å². The maximum Gasteiger partial charge on any atom is 0.126 e. The monoisotopic (exact) mass is 289 g/mol. The molecule has 0 saturated carbocycles. The molecule has 0 saturated heterocycles. The van der Waals surface area contributed by atoms with Gasteiger partial charge in [0.15, 0.2) is 0 Å². The third-order valence-corrected chi connectivity index (χ3v) is 0. The van der Waals surface area contributed by atoms with Crippen molar-refractivity contribution < 1.29 is 37.8 Å². The fourth-order valence-electron chi connectivity index (χ4n) is 0. The zero-order valence-electron chi connectivity index (χ0n) is 2.32. The maximum atomic E-state index is 2.42. The molecule has 0 aliphatic rings. The second-order valence-corrected chi connectivity index (χ2v) is 0. The van der Waals surface area contributed by atoms with Crippen LogP contribution in [-0.4, -0.2) is 7.57 Å². The van der Waals surface area contributed by atoms with Crippen LogP contribution in [0.1, 0.15) is 0 Å². The molecule has 0 bridgehead atoms. The second-order valence-electron chi connectivity index (χ2n) is 0. The molecule has 1 atom stereocenters. The fraction of sp³-hybridized carbons (Fsp3) is 0. The van der Waals surface area contributed by atoms with Crippen molar-refractivity contribution in [2.45, 2.75) is 0 Å². The van der Waals surface area contributed by atoms with Crippen molar-refractivity contribution >= 4 is 16.7 Å². The zero-order valence-corrected chi connectivity index (χ0v) is 7.45. The molecule has 4 heteroatoms. The van der Waals surface area contributed by atoms with Gasteiger partial charge in [0.2, 0.25) is 0 Å². The van der Waals surface area contributed by atoms with Crippen LogP contribution < -0.4 is 0 Å². The molecular weight excluding hydrogens is 285 g/mol. The van der Waals surface area contributed by atoms with Crippen LogP contribution in [0.3, 0.4) is 0 Å². The molecule has 0 aromatic carbocycles. The van der Waals surface area contributed by atoms with Gasteiger partial charge in [0, 0.05) is 37.8 Å². The van der Waals surface area contributed by atoms with Gasteiger partial charge in [-0.2, -0.15) is 9.12 Å². The molecule has 0 aliphatic carbocycles. The molecule has 0 spiro atoms. The van der Waals surface area contributed by atoms with Crippen molar-refractivity contribution in [1.29, 1.82) is 0 Å². The first kappa shape index (κ1) is 17.3. The molecule has 4 heavy (non-hydrogen) atoms. The normalized spacial score (nSPS) is 1.25. The summed E-state index contributed by atoms with van der Waals surface area (Å²) in [7, 11) is 4.33. The van der Waals surface area contributed by atoms with Gasteiger partial charge in [0.05, 0.1) is 0 Å². The van der Waals surface area contributed by atoms with Gasteiger partial charge >= 0.3 is 0 Å². The van der Waals surface area contributed by atoms with E-state index >= 15 is 0 Å². The first-order chi connectivity index (χ1) is 1.00. The van der Waals surface area contributed by atoms with Crippen LogP contribution in [0.25, 0.3) is 0 Å². The fourth-order valence-corrected chi connectivity index (χ4v) is 0. The third-order valence-electron chi connectivity index (χ3n) is 0. The van der Waals surface area contributed by atoms with E-state index in [0.29, 0.717) is 0 Å². The first-order valence-corrected chi connectivity index (χ1v) is 1.73. The van der Waals surface area contributed by atoms with E-state index in [4.69, 9.17) is 0 Å². The Morgan fingerprint density at radius 3 is 1.25 bits per heavy atom. The molecule has 0 rings (SSSR count). The Balaban J connectivity index is -0.00000000500. The summed E-state index contributed by atoms with van der Waals surface area (Å²) >= 11 is 0. The zero-order chi connectivity index (χ0) is 2.00. The van der Waals surface area contributed by atoms with E-state index in [0.717, 1.165) is 0 Å². The molecule has 0 aromatic heterocycles. The Kier molecular flexibility index (Phi) is 96.7. The minimum atomic E-state index is 0. The average Bonchev–Trinajstić information content (AvgIpc) is 1.00. The summed E-state index contributed by atoms with van der Waals surface area (Å²) in [6.07, 6.45) is 0. The van der Waals surface area contributed by atoms with Gasteiger partial charge < -0.3 is 0 Å². The summed E-state index contributed by atoms with van der Waals surface area (Å²) in [5, 5.41) is 0. The molecule has 1 unspecified atom stereocenters. The molecule has 0 fully saturated rings. The predicted molar refractivity (Wildman–Crippen MR) is 18.3 cm³/mol. The van der Waals surface area contributed by atoms with Crippen LogP contribution in [0.2, 0.25) is 0 Å². The van der Waals surface area contributed by atoms with Gasteiger partial charge in [-0.15, -0.1) is 0 Å². The predicted octanol–water partition coefficient (Wildman–Crippen LogP) is -0.595. The number of hydrogen-bond donors (Lipinski definition) is 0. The van der Waals surface area contributed by atoms with E-state index in [-0.39, 0.29) is 37.8 Å². The smallest absolute Gasteiger partial charge is 0.126 e. The summed E-state index contributed by atoms with van der Waals surface area (Å²) in [6, 6.07) is 0. The van der Waals surface area contributed by atoms with Gasteiger partial charge in [-0.25, -0.2) is 0 Å². The minimum absolute atomic E-state index is 0. The SMILES string of the molecule is BP.[Co].[W]. The van der Waals surface area contributed by atoms with Gasteiger partial charge in [-0.3, -0.25) is 0 Å². The van der Waals surface area contributed by atoms with Crippen molar-refractivity contribution in [3.63, 3.8) is 0 Å². The molecule has 0 aliphatic heterocycles. The Bertz CT molecular complexity index is 8.00. The number of rotatable bonds is 0. The van der Waals surface area contributed by atoms with Crippen molar-refractivity contribution in [1.82, 2.24) is 0 Å². The molecule has 0 aromatic rings. The molecule has 0 amide bonds. The van der Waals surface area contributed by atoms with Crippen LogP contribution in [0.15, 0.2) is 0 Å². The third kappa shape index (κ3) is 9.35. The van der Waals surface area contributed by atoms with Crippen LogP contribution in [0.4, 0.5) is 0 Å². The number of hydrogen-bond acceptors (Lipinski definition) is 0. The van der Waals surface area contributed by atoms with E-state index in [1.165, 1.54) is 0 Å². The molecule has 0 nitrogen and oxygen atoms in total. The summed E-state index contributed by atoms with van der Waals surface area (Å²) in [6.45, 7) is 0. The summed E-state index contributed by atoms with van der Waals surface area (Å²) < 4.78 is 0. The molecule has 1 radical (unpaired) electrons. The van der Waals surface area contributed by atoms with Crippen molar-refractivity contribution in [3.8, 4) is 0 Å². The van der Waals surface area contributed by atoms with Crippen LogP contribution in [-0.2, 0) is 37.8 Å². The van der Waals surface area contributed by atoms with Crippen molar-refractivity contribution in [2.24, 2.45) is 0 Å². The van der Waals surface area contributed by atoms with E-state index in [9.17, 15) is 0 Å². The Morgan fingerprint density at radius 1 is 1.25 bits per heavy atom. The molecule has 0 heterocycles. The summed E-state index contributed by atoms with van der Waals surface area (Å²) in [5.74, 6) is 0. The Morgan fingerprint density at radius 2 is 1.25 bits per heavy atom. The van der Waals surface area contributed by atoms with Gasteiger partial charge in [0.1, 0.15) is 7.57 Å². The average molecular weight is 289 g/mol. The molecular formula is H4BCoPW.